The first-order valence-corrected chi connectivity index (χ1v) is 7.06. The van der Waals surface area contributed by atoms with E-state index in [4.69, 9.17) is 0 Å². The number of fused-ring (bicyclic) bond motifs is 3. The Balaban J connectivity index is 2.09. The van der Waals surface area contributed by atoms with Crippen LogP contribution in [-0.2, 0) is 19.4 Å². The molecule has 2 aromatic carbocycles. The molecule has 0 saturated carbocycles. The van der Waals surface area contributed by atoms with E-state index < -0.39 is 0 Å². The topological polar surface area (TPSA) is 3.24 Å². The van der Waals surface area contributed by atoms with Gasteiger partial charge in [0.25, 0.3) is 0 Å². The molecule has 2 aromatic rings. The predicted octanol–water partition coefficient (Wildman–Crippen LogP) is 3.88. The molecule has 0 bridgehead atoms. The third kappa shape index (κ3) is 2.19. The smallest absolute Gasteiger partial charge is 0.0230 e. The lowest BCUT2D eigenvalue weighted by molar-refractivity contribution is 0.401. The largest absolute Gasteiger partial charge is 0.305 e. The molecule has 0 saturated heterocycles. The summed E-state index contributed by atoms with van der Waals surface area (Å²) < 4.78 is 0. The molecule has 1 aliphatic rings. The molecule has 3 rings (SSSR count). The van der Waals surface area contributed by atoms with Crippen molar-refractivity contribution in [3.8, 4) is 11.1 Å². The van der Waals surface area contributed by atoms with E-state index >= 15 is 0 Å². The van der Waals surface area contributed by atoms with E-state index in [1.165, 1.54) is 33.4 Å². The van der Waals surface area contributed by atoms with Gasteiger partial charge in [0.05, 0.1) is 0 Å². The van der Waals surface area contributed by atoms with Crippen molar-refractivity contribution in [2.45, 2.75) is 26.3 Å². The van der Waals surface area contributed by atoms with Crippen LogP contribution in [0.3, 0.4) is 0 Å². The Kier molecular flexibility index (Phi) is 3.16. The van der Waals surface area contributed by atoms with Crippen LogP contribution in [0.25, 0.3) is 11.1 Å². The van der Waals surface area contributed by atoms with Crippen molar-refractivity contribution in [1.82, 2.24) is 4.90 Å². The van der Waals surface area contributed by atoms with Gasteiger partial charge in [-0.05, 0) is 60.3 Å². The molecule has 0 fully saturated rings. The van der Waals surface area contributed by atoms with Crippen molar-refractivity contribution in [2.24, 2.45) is 0 Å². The quantitative estimate of drug-likeness (QED) is 0.683. The van der Waals surface area contributed by atoms with Crippen molar-refractivity contribution in [1.29, 1.82) is 0 Å². The van der Waals surface area contributed by atoms with Crippen molar-refractivity contribution in [2.75, 3.05) is 14.1 Å². The van der Waals surface area contributed by atoms with Gasteiger partial charge in [0.1, 0.15) is 0 Å². The van der Waals surface area contributed by atoms with Crippen LogP contribution in [0.4, 0.5) is 0 Å². The Morgan fingerprint density at radius 3 is 2.63 bits per heavy atom. The molecule has 98 valence electrons. The number of aryl methyl sites for hydroxylation is 1. The summed E-state index contributed by atoms with van der Waals surface area (Å²) >= 11 is 0. The molecule has 0 atom stereocenters. The van der Waals surface area contributed by atoms with Crippen LogP contribution in [0.15, 0.2) is 36.4 Å². The summed E-state index contributed by atoms with van der Waals surface area (Å²) in [6, 6.07) is 13.7. The fraction of sp³-hybridized carbons (Fsp3) is 0.333. The molecule has 0 amide bonds. The second kappa shape index (κ2) is 4.82. The molecule has 0 spiro atoms. The maximum Gasteiger partial charge on any atom is 0.0230 e. The van der Waals surface area contributed by atoms with Crippen LogP contribution in [0.1, 0.15) is 29.2 Å². The number of benzene rings is 2. The highest BCUT2D eigenvalue weighted by Crippen LogP contribution is 2.39. The summed E-state index contributed by atoms with van der Waals surface area (Å²) in [6.45, 7) is 3.25. The monoisotopic (exact) mass is 251 g/mol. The van der Waals surface area contributed by atoms with E-state index in [9.17, 15) is 0 Å². The average Bonchev–Trinajstić information content (AvgIpc) is 2.77. The zero-order valence-electron chi connectivity index (χ0n) is 12.0. The molecule has 19 heavy (non-hydrogen) atoms. The molecule has 0 N–H and O–H groups in total. The highest BCUT2D eigenvalue weighted by Gasteiger charge is 2.20. The molecule has 0 aromatic heterocycles. The summed E-state index contributed by atoms with van der Waals surface area (Å²) in [5.41, 5.74) is 8.82. The fourth-order valence-corrected chi connectivity index (χ4v) is 3.02. The zero-order chi connectivity index (χ0) is 13.4. The predicted molar refractivity (Wildman–Crippen MR) is 81.5 cm³/mol. The molecule has 1 aliphatic carbocycles. The highest BCUT2D eigenvalue weighted by molar-refractivity contribution is 5.78. The van der Waals surface area contributed by atoms with E-state index in [0.29, 0.717) is 0 Å². The Morgan fingerprint density at radius 1 is 1.05 bits per heavy atom. The molecular weight excluding hydrogens is 230 g/mol. The van der Waals surface area contributed by atoms with Gasteiger partial charge in [-0.25, -0.2) is 0 Å². The second-order valence-corrected chi connectivity index (χ2v) is 5.70. The minimum absolute atomic E-state index is 1.03. The van der Waals surface area contributed by atoms with Gasteiger partial charge in [-0.3, -0.25) is 0 Å². The third-order valence-electron chi connectivity index (χ3n) is 4.00. The number of hydrogen-bond acceptors (Lipinski definition) is 1. The maximum atomic E-state index is 2.38. The molecule has 0 heterocycles. The SMILES string of the molecule is CCc1ccc2c(c1)-c1cccc(CN(C)C)c1C2. The van der Waals surface area contributed by atoms with E-state index in [-0.39, 0.29) is 0 Å². The average molecular weight is 251 g/mol. The molecule has 1 heteroatoms. The summed E-state index contributed by atoms with van der Waals surface area (Å²) in [7, 11) is 4.27. The fourth-order valence-electron chi connectivity index (χ4n) is 3.02. The lowest BCUT2D eigenvalue weighted by atomic mass is 10.00. The first-order chi connectivity index (χ1) is 9.19. The number of rotatable bonds is 3. The van der Waals surface area contributed by atoms with Crippen LogP contribution >= 0.6 is 0 Å². The minimum Gasteiger partial charge on any atom is -0.305 e. The molecular formula is C18H21N. The number of hydrogen-bond donors (Lipinski definition) is 0. The first kappa shape index (κ1) is 12.4. The standard InChI is InChI=1S/C18H21N/c1-4-13-8-9-14-11-18-15(12-19(2)3)6-5-7-16(18)17(14)10-13/h5-10H,4,11-12H2,1-3H3. The highest BCUT2D eigenvalue weighted by atomic mass is 15.0. The summed E-state index contributed by atoms with van der Waals surface area (Å²) in [5, 5.41) is 0. The minimum atomic E-state index is 1.03. The van der Waals surface area contributed by atoms with Crippen LogP contribution in [-0.4, -0.2) is 19.0 Å². The first-order valence-electron chi connectivity index (χ1n) is 7.06. The van der Waals surface area contributed by atoms with Crippen molar-refractivity contribution in [3.63, 3.8) is 0 Å². The normalized spacial score (nSPS) is 12.6. The Bertz CT molecular complexity index is 611. The van der Waals surface area contributed by atoms with Gasteiger partial charge in [0.2, 0.25) is 0 Å². The Morgan fingerprint density at radius 2 is 1.89 bits per heavy atom. The molecule has 0 radical (unpaired) electrons. The molecule has 0 aliphatic heterocycles. The number of nitrogens with zero attached hydrogens (tertiary/aromatic N) is 1. The van der Waals surface area contributed by atoms with E-state index in [1.807, 2.05) is 0 Å². The van der Waals surface area contributed by atoms with Gasteiger partial charge in [-0.2, -0.15) is 0 Å². The Hall–Kier alpha value is -1.60. The summed E-state index contributed by atoms with van der Waals surface area (Å²) in [4.78, 5) is 2.25. The van der Waals surface area contributed by atoms with Gasteiger partial charge >= 0.3 is 0 Å². The van der Waals surface area contributed by atoms with Crippen molar-refractivity contribution in [3.05, 3.63) is 58.7 Å². The summed E-state index contributed by atoms with van der Waals surface area (Å²) in [5.74, 6) is 0. The van der Waals surface area contributed by atoms with E-state index in [0.717, 1.165) is 19.4 Å². The Labute approximate surface area is 115 Å². The van der Waals surface area contributed by atoms with Gasteiger partial charge in [-0.1, -0.05) is 43.3 Å². The third-order valence-corrected chi connectivity index (χ3v) is 4.00. The van der Waals surface area contributed by atoms with E-state index in [2.05, 4.69) is 62.3 Å². The van der Waals surface area contributed by atoms with Gasteiger partial charge in [-0.15, -0.1) is 0 Å². The zero-order valence-corrected chi connectivity index (χ0v) is 12.0. The molecule has 1 nitrogen and oxygen atoms in total. The van der Waals surface area contributed by atoms with Gasteiger partial charge in [0.15, 0.2) is 0 Å². The maximum absolute atomic E-state index is 2.38. The van der Waals surface area contributed by atoms with E-state index in [1.54, 1.807) is 0 Å². The van der Waals surface area contributed by atoms with Crippen LogP contribution in [0.2, 0.25) is 0 Å². The van der Waals surface area contributed by atoms with Crippen LogP contribution in [0, 0.1) is 0 Å². The van der Waals surface area contributed by atoms with Crippen molar-refractivity contribution >= 4 is 0 Å². The second-order valence-electron chi connectivity index (χ2n) is 5.70. The summed E-state index contributed by atoms with van der Waals surface area (Å²) in [6.07, 6.45) is 2.21. The van der Waals surface area contributed by atoms with Crippen molar-refractivity contribution < 1.29 is 0 Å². The lowest BCUT2D eigenvalue weighted by Gasteiger charge is -2.13. The molecule has 0 unspecified atom stereocenters. The van der Waals surface area contributed by atoms with Gasteiger partial charge < -0.3 is 4.90 Å². The van der Waals surface area contributed by atoms with Crippen LogP contribution in [0.5, 0.6) is 0 Å². The van der Waals surface area contributed by atoms with Gasteiger partial charge in [0, 0.05) is 6.54 Å². The van der Waals surface area contributed by atoms with Crippen LogP contribution < -0.4 is 0 Å². The lowest BCUT2D eigenvalue weighted by Crippen LogP contribution is -2.12.